The van der Waals surface area contributed by atoms with Crippen LogP contribution < -0.4 is 10.9 Å². The Morgan fingerprint density at radius 3 is 2.57 bits per heavy atom. The standard InChI is InChI=1S/C13H9BrClN3O3/c14-8-3-7(5-16-6-8)12(20)17-18-13(21)10-4-9(15)1-2-11(10)19/h1-6,19H,(H,17,20)(H,18,21). The zero-order valence-electron chi connectivity index (χ0n) is 10.4. The molecule has 1 heterocycles. The molecule has 3 N–H and O–H groups in total. The van der Waals surface area contributed by atoms with Crippen LogP contribution in [0.1, 0.15) is 20.7 Å². The van der Waals surface area contributed by atoms with Crippen molar-refractivity contribution in [2.45, 2.75) is 0 Å². The molecule has 1 aromatic heterocycles. The highest BCUT2D eigenvalue weighted by Crippen LogP contribution is 2.21. The summed E-state index contributed by atoms with van der Waals surface area (Å²) >= 11 is 8.93. The first-order valence-electron chi connectivity index (χ1n) is 5.67. The Bertz CT molecular complexity index is 709. The van der Waals surface area contributed by atoms with Crippen LogP contribution in [-0.2, 0) is 0 Å². The fourth-order valence-electron chi connectivity index (χ4n) is 1.48. The lowest BCUT2D eigenvalue weighted by atomic mass is 10.2. The van der Waals surface area contributed by atoms with Crippen LogP contribution in [0.3, 0.4) is 0 Å². The molecule has 1 aromatic carbocycles. The number of halogens is 2. The van der Waals surface area contributed by atoms with E-state index in [1.165, 1.54) is 30.6 Å². The zero-order valence-corrected chi connectivity index (χ0v) is 12.8. The number of aromatic nitrogens is 1. The molecule has 0 unspecified atom stereocenters. The molecule has 2 aromatic rings. The Labute approximate surface area is 133 Å². The van der Waals surface area contributed by atoms with E-state index in [1.54, 1.807) is 6.07 Å². The molecular formula is C13H9BrClN3O3. The number of pyridine rings is 1. The Hall–Kier alpha value is -2.12. The Kier molecular flexibility index (Phi) is 4.77. The third-order valence-corrected chi connectivity index (χ3v) is 3.13. The number of hydrazine groups is 1. The summed E-state index contributed by atoms with van der Waals surface area (Å²) in [5, 5.41) is 9.87. The van der Waals surface area contributed by atoms with Crippen molar-refractivity contribution in [1.29, 1.82) is 0 Å². The van der Waals surface area contributed by atoms with Crippen molar-refractivity contribution in [1.82, 2.24) is 15.8 Å². The minimum atomic E-state index is -0.689. The van der Waals surface area contributed by atoms with Gasteiger partial charge in [-0.05, 0) is 40.2 Å². The summed E-state index contributed by atoms with van der Waals surface area (Å²) < 4.78 is 0.633. The molecule has 2 amide bonds. The normalized spacial score (nSPS) is 10.0. The number of phenolic OH excluding ortho intramolecular Hbond substituents is 1. The van der Waals surface area contributed by atoms with E-state index in [2.05, 4.69) is 31.8 Å². The Morgan fingerprint density at radius 1 is 1.14 bits per heavy atom. The van der Waals surface area contributed by atoms with E-state index < -0.39 is 11.8 Å². The number of carbonyl (C=O) groups is 2. The van der Waals surface area contributed by atoms with Crippen LogP contribution in [0.15, 0.2) is 41.1 Å². The number of amides is 2. The van der Waals surface area contributed by atoms with Crippen LogP contribution >= 0.6 is 27.5 Å². The summed E-state index contributed by atoms with van der Waals surface area (Å²) in [6.07, 6.45) is 2.88. The molecule has 0 saturated carbocycles. The molecule has 0 spiro atoms. The lowest BCUT2D eigenvalue weighted by Gasteiger charge is -2.08. The van der Waals surface area contributed by atoms with Gasteiger partial charge in [0.2, 0.25) is 0 Å². The first-order chi connectivity index (χ1) is 9.97. The van der Waals surface area contributed by atoms with Gasteiger partial charge in [-0.3, -0.25) is 25.4 Å². The average Bonchev–Trinajstić information content (AvgIpc) is 2.47. The summed E-state index contributed by atoms with van der Waals surface area (Å²) in [6.45, 7) is 0. The lowest BCUT2D eigenvalue weighted by Crippen LogP contribution is -2.41. The van der Waals surface area contributed by atoms with Crippen molar-refractivity contribution >= 4 is 39.3 Å². The summed E-state index contributed by atoms with van der Waals surface area (Å²) in [4.78, 5) is 27.5. The van der Waals surface area contributed by atoms with E-state index in [0.29, 0.717) is 9.50 Å². The summed E-state index contributed by atoms with van der Waals surface area (Å²) in [6, 6.07) is 5.57. The minimum absolute atomic E-state index is 0.0461. The number of aromatic hydroxyl groups is 1. The molecule has 0 aliphatic carbocycles. The molecule has 0 bridgehead atoms. The number of nitrogens with zero attached hydrogens (tertiary/aromatic N) is 1. The minimum Gasteiger partial charge on any atom is -0.507 e. The van der Waals surface area contributed by atoms with Gasteiger partial charge in [-0.2, -0.15) is 0 Å². The van der Waals surface area contributed by atoms with Gasteiger partial charge in [0.25, 0.3) is 11.8 Å². The van der Waals surface area contributed by atoms with Gasteiger partial charge in [0.1, 0.15) is 5.75 Å². The number of hydrogen-bond donors (Lipinski definition) is 3. The van der Waals surface area contributed by atoms with Gasteiger partial charge in [0, 0.05) is 21.9 Å². The van der Waals surface area contributed by atoms with Gasteiger partial charge < -0.3 is 5.11 Å². The molecule has 6 nitrogen and oxygen atoms in total. The van der Waals surface area contributed by atoms with Crippen molar-refractivity contribution < 1.29 is 14.7 Å². The Balaban J connectivity index is 2.04. The fourth-order valence-corrected chi connectivity index (χ4v) is 2.02. The highest BCUT2D eigenvalue weighted by Gasteiger charge is 2.13. The molecule has 0 saturated heterocycles. The van der Waals surface area contributed by atoms with Crippen molar-refractivity contribution in [3.8, 4) is 5.75 Å². The first-order valence-corrected chi connectivity index (χ1v) is 6.84. The maximum absolute atomic E-state index is 11.9. The van der Waals surface area contributed by atoms with Gasteiger partial charge in [0.15, 0.2) is 0 Å². The van der Waals surface area contributed by atoms with E-state index in [9.17, 15) is 14.7 Å². The first kappa shape index (κ1) is 15.3. The number of nitrogens with one attached hydrogen (secondary N) is 2. The summed E-state index contributed by atoms with van der Waals surface area (Å²) in [5.74, 6) is -1.47. The van der Waals surface area contributed by atoms with E-state index in [1.807, 2.05) is 0 Å². The number of phenols is 1. The monoisotopic (exact) mass is 369 g/mol. The summed E-state index contributed by atoms with van der Waals surface area (Å²) in [7, 11) is 0. The van der Waals surface area contributed by atoms with Gasteiger partial charge in [-0.15, -0.1) is 0 Å². The van der Waals surface area contributed by atoms with Crippen molar-refractivity contribution in [3.63, 3.8) is 0 Å². The maximum Gasteiger partial charge on any atom is 0.273 e. The van der Waals surface area contributed by atoms with Crippen molar-refractivity contribution in [2.75, 3.05) is 0 Å². The smallest absolute Gasteiger partial charge is 0.273 e. The SMILES string of the molecule is O=C(NNC(=O)c1cc(Cl)ccc1O)c1cncc(Br)c1. The van der Waals surface area contributed by atoms with Crippen molar-refractivity contribution in [2.24, 2.45) is 0 Å². The number of carbonyl (C=O) groups excluding carboxylic acids is 2. The predicted molar refractivity (Wildman–Crippen MR) is 80.0 cm³/mol. The molecule has 0 atom stereocenters. The Morgan fingerprint density at radius 2 is 1.86 bits per heavy atom. The van der Waals surface area contributed by atoms with Crippen LogP contribution in [0.25, 0.3) is 0 Å². The van der Waals surface area contributed by atoms with E-state index >= 15 is 0 Å². The van der Waals surface area contributed by atoms with Crippen LogP contribution in [-0.4, -0.2) is 21.9 Å². The number of benzene rings is 1. The lowest BCUT2D eigenvalue weighted by molar-refractivity contribution is 0.0844. The maximum atomic E-state index is 11.9. The molecular weight excluding hydrogens is 362 g/mol. The van der Waals surface area contributed by atoms with E-state index in [-0.39, 0.29) is 16.9 Å². The quantitative estimate of drug-likeness (QED) is 0.707. The molecule has 0 aliphatic heterocycles. The highest BCUT2D eigenvalue weighted by atomic mass is 79.9. The van der Waals surface area contributed by atoms with Gasteiger partial charge in [-0.25, -0.2) is 0 Å². The molecule has 0 fully saturated rings. The average molecular weight is 371 g/mol. The van der Waals surface area contributed by atoms with Crippen molar-refractivity contribution in [3.05, 3.63) is 57.3 Å². The van der Waals surface area contributed by atoms with Crippen LogP contribution in [0.4, 0.5) is 0 Å². The van der Waals surface area contributed by atoms with Gasteiger partial charge >= 0.3 is 0 Å². The third-order valence-electron chi connectivity index (χ3n) is 2.46. The van der Waals surface area contributed by atoms with Gasteiger partial charge in [-0.1, -0.05) is 11.6 Å². The number of rotatable bonds is 2. The van der Waals surface area contributed by atoms with E-state index in [4.69, 9.17) is 11.6 Å². The fraction of sp³-hybridized carbons (Fsp3) is 0. The molecule has 8 heteroatoms. The summed E-state index contributed by atoms with van der Waals surface area (Å²) in [5.41, 5.74) is 4.62. The van der Waals surface area contributed by atoms with Gasteiger partial charge in [0.05, 0.1) is 11.1 Å². The van der Waals surface area contributed by atoms with Crippen LogP contribution in [0.5, 0.6) is 5.75 Å². The van der Waals surface area contributed by atoms with Crippen LogP contribution in [0.2, 0.25) is 5.02 Å². The molecule has 0 radical (unpaired) electrons. The third kappa shape index (κ3) is 3.93. The largest absolute Gasteiger partial charge is 0.507 e. The second-order valence-corrected chi connectivity index (χ2v) is 5.31. The molecule has 0 aliphatic rings. The predicted octanol–water partition coefficient (Wildman–Crippen LogP) is 2.28. The second-order valence-electron chi connectivity index (χ2n) is 3.96. The van der Waals surface area contributed by atoms with E-state index in [0.717, 1.165) is 0 Å². The molecule has 108 valence electrons. The molecule has 2 rings (SSSR count). The topological polar surface area (TPSA) is 91.3 Å². The van der Waals surface area contributed by atoms with Crippen LogP contribution in [0, 0.1) is 0 Å². The number of hydrogen-bond acceptors (Lipinski definition) is 4. The second kappa shape index (κ2) is 6.55. The zero-order chi connectivity index (χ0) is 15.4. The highest BCUT2D eigenvalue weighted by molar-refractivity contribution is 9.10. The molecule has 21 heavy (non-hydrogen) atoms.